The van der Waals surface area contributed by atoms with Crippen molar-refractivity contribution in [3.63, 3.8) is 0 Å². The third-order valence-corrected chi connectivity index (χ3v) is 10.3. The first kappa shape index (κ1) is 21.9. The Labute approximate surface area is 206 Å². The molecule has 0 fully saturated rings. The van der Waals surface area contributed by atoms with E-state index in [0.717, 1.165) is 11.3 Å². The van der Waals surface area contributed by atoms with E-state index in [2.05, 4.69) is 39.2 Å². The molecule has 1 aliphatic rings. The zero-order valence-electron chi connectivity index (χ0n) is 15.4. The van der Waals surface area contributed by atoms with Gasteiger partial charge in [-0.25, -0.2) is 0 Å². The van der Waals surface area contributed by atoms with Crippen LogP contribution in [0.25, 0.3) is 11.3 Å². The quantitative estimate of drug-likeness (QED) is 0.204. The maximum absolute atomic E-state index is 14.3. The zero-order chi connectivity index (χ0) is 21.3. The Kier molecular flexibility index (Phi) is 6.86. The molecule has 0 radical (unpaired) electrons. The second kappa shape index (κ2) is 9.42. The van der Waals surface area contributed by atoms with E-state index in [1.54, 1.807) is 53.6 Å². The number of methoxy groups -OCH3 is 1. The summed E-state index contributed by atoms with van der Waals surface area (Å²) in [7, 11) is 1.41. The molecule has 1 amide bonds. The number of aromatic amines is 1. The molecule has 0 bridgehead atoms. The molecular weight excluding hydrogens is 732 g/mol. The van der Waals surface area contributed by atoms with Crippen molar-refractivity contribution >= 4 is 58.9 Å². The van der Waals surface area contributed by atoms with Crippen LogP contribution in [0.4, 0.5) is 15.8 Å². The number of rotatable bonds is 6. The van der Waals surface area contributed by atoms with Crippen molar-refractivity contribution in [2.24, 2.45) is 0 Å². The molecule has 1 aromatic carbocycles. The fourth-order valence-corrected chi connectivity index (χ4v) is 6.64. The van der Waals surface area contributed by atoms with Crippen molar-refractivity contribution in [1.29, 1.82) is 0 Å². The molecule has 7 nitrogen and oxygen atoms in total. The van der Waals surface area contributed by atoms with E-state index in [9.17, 15) is 9.18 Å². The van der Waals surface area contributed by atoms with Crippen LogP contribution in [0.15, 0.2) is 36.7 Å². The average molecular weight is 747 g/mol. The van der Waals surface area contributed by atoms with Crippen LogP contribution in [0.5, 0.6) is 11.5 Å². The summed E-state index contributed by atoms with van der Waals surface area (Å²) in [5.41, 5.74) is 3.71. The molecule has 3 N–H and O–H groups in total. The van der Waals surface area contributed by atoms with Crippen LogP contribution in [-0.2, 0) is 6.42 Å². The van der Waals surface area contributed by atoms with Crippen molar-refractivity contribution in [3.05, 3.63) is 53.7 Å². The number of hydrogen-bond acceptors (Lipinski definition) is 5. The second-order valence-electron chi connectivity index (χ2n) is 6.35. The number of fused-ring (bicyclic) bond motifs is 1. The number of halogens is 4. The van der Waals surface area contributed by atoms with Crippen LogP contribution < -0.4 is 35.7 Å². The number of hydrogen-bond donors (Lipinski definition) is 3. The SMILES string of the molecule is COc1c(F)cccc1Nc1c(-c2ccncc2OI)[nH]c2c1C(=O)NC([I-]I)C2. The predicted molar refractivity (Wildman–Crippen MR) is 124 cm³/mol. The third-order valence-electron chi connectivity index (χ3n) is 4.64. The van der Waals surface area contributed by atoms with Gasteiger partial charge in [-0.05, 0) is 0 Å². The first-order chi connectivity index (χ1) is 14.6. The standard InChI is InChI=1S/C19H15FI3N4O3/c1-29-18-10(20)3-2-4-11(18)25-17-15-12(7-14(23-21)27-19(15)28)26-16(17)9-5-6-24-8-13(9)30-22/h2-6,8,14,25-26H,7H2,1H3,(H,27,28)/q-1. The fraction of sp³-hybridized carbons (Fsp3) is 0.158. The van der Waals surface area contributed by atoms with Gasteiger partial charge in [-0.15, -0.1) is 0 Å². The van der Waals surface area contributed by atoms with Crippen LogP contribution >= 0.6 is 41.6 Å². The molecular formula is C19H15FI3N4O3-. The number of nitrogens with one attached hydrogen (secondary N) is 3. The summed E-state index contributed by atoms with van der Waals surface area (Å²) in [6.45, 7) is 0. The normalized spacial score (nSPS) is 15.5. The summed E-state index contributed by atoms with van der Waals surface area (Å²) < 4.78 is 25.1. The average Bonchev–Trinajstić information content (AvgIpc) is 3.12. The minimum atomic E-state index is -0.493. The molecule has 30 heavy (non-hydrogen) atoms. The number of carbonyl (C=O) groups is 1. The van der Waals surface area contributed by atoms with Crippen molar-refractivity contribution in [3.8, 4) is 22.8 Å². The second-order valence-corrected chi connectivity index (χ2v) is 11.9. The minimum absolute atomic E-state index is 0.0747. The molecule has 4 rings (SSSR count). The first-order valence-corrected chi connectivity index (χ1v) is 17.1. The van der Waals surface area contributed by atoms with Gasteiger partial charge in [0.25, 0.3) is 0 Å². The Morgan fingerprint density at radius 3 is 2.93 bits per heavy atom. The predicted octanol–water partition coefficient (Wildman–Crippen LogP) is 1.75. The molecule has 0 saturated carbocycles. The van der Waals surface area contributed by atoms with E-state index in [4.69, 9.17) is 7.80 Å². The number of pyridine rings is 1. The van der Waals surface area contributed by atoms with Gasteiger partial charge in [-0.2, -0.15) is 0 Å². The molecule has 0 saturated heterocycles. The molecule has 0 spiro atoms. The number of aromatic nitrogens is 2. The number of para-hydroxylation sites is 1. The van der Waals surface area contributed by atoms with E-state index in [-0.39, 0.29) is 32.9 Å². The van der Waals surface area contributed by atoms with E-state index in [1.807, 2.05) is 0 Å². The maximum atomic E-state index is 14.3. The summed E-state index contributed by atoms with van der Waals surface area (Å²) >= 11 is 3.96. The van der Waals surface area contributed by atoms with E-state index in [0.29, 0.717) is 34.8 Å². The molecule has 158 valence electrons. The van der Waals surface area contributed by atoms with Crippen LogP contribution in [-0.4, -0.2) is 27.0 Å². The van der Waals surface area contributed by atoms with Gasteiger partial charge in [0.05, 0.1) is 0 Å². The molecule has 3 heterocycles. The molecule has 2 aromatic heterocycles. The molecule has 3 aromatic rings. The van der Waals surface area contributed by atoms with Crippen LogP contribution in [0.1, 0.15) is 16.1 Å². The number of nitrogens with zero attached hydrogens (tertiary/aromatic N) is 1. The summed E-state index contributed by atoms with van der Waals surface area (Å²) in [6, 6.07) is 6.41. The molecule has 1 atom stereocenters. The number of benzene rings is 1. The molecule has 0 aliphatic carbocycles. The Balaban J connectivity index is 1.91. The van der Waals surface area contributed by atoms with E-state index in [1.165, 1.54) is 13.2 Å². The first-order valence-electron chi connectivity index (χ1n) is 8.70. The van der Waals surface area contributed by atoms with Crippen LogP contribution in [0.2, 0.25) is 0 Å². The fourth-order valence-electron chi connectivity index (χ4n) is 3.37. The number of carbonyl (C=O) groups excluding carboxylic acids is 1. The number of alkyl halides is 1. The molecule has 1 aliphatic heterocycles. The number of H-pyrrole nitrogens is 1. The monoisotopic (exact) mass is 747 g/mol. The van der Waals surface area contributed by atoms with Gasteiger partial charge in [0.1, 0.15) is 0 Å². The van der Waals surface area contributed by atoms with Gasteiger partial charge in [-0.1, -0.05) is 0 Å². The summed E-state index contributed by atoms with van der Waals surface area (Å²) in [4.78, 5) is 20.5. The van der Waals surface area contributed by atoms with Gasteiger partial charge >= 0.3 is 208 Å². The number of amides is 1. The van der Waals surface area contributed by atoms with Gasteiger partial charge in [0.2, 0.25) is 0 Å². The Morgan fingerprint density at radius 1 is 1.37 bits per heavy atom. The van der Waals surface area contributed by atoms with E-state index >= 15 is 0 Å². The van der Waals surface area contributed by atoms with Gasteiger partial charge in [0.15, 0.2) is 0 Å². The van der Waals surface area contributed by atoms with Gasteiger partial charge in [-0.3, -0.25) is 0 Å². The Morgan fingerprint density at radius 2 is 2.20 bits per heavy atom. The summed E-state index contributed by atoms with van der Waals surface area (Å²) in [5, 5.41) is 6.30. The number of anilines is 2. The zero-order valence-corrected chi connectivity index (χ0v) is 21.9. The third kappa shape index (κ3) is 4.06. The van der Waals surface area contributed by atoms with Crippen molar-refractivity contribution < 1.29 is 34.2 Å². The topological polar surface area (TPSA) is 88.3 Å². The van der Waals surface area contributed by atoms with Crippen LogP contribution in [0.3, 0.4) is 0 Å². The van der Waals surface area contributed by atoms with Gasteiger partial charge in [0, 0.05) is 0 Å². The Hall–Kier alpha value is -1.36. The summed E-state index contributed by atoms with van der Waals surface area (Å²) in [6.07, 6.45) is 3.96. The van der Waals surface area contributed by atoms with Crippen molar-refractivity contribution in [2.75, 3.05) is 12.4 Å². The molecule has 1 unspecified atom stereocenters. The van der Waals surface area contributed by atoms with E-state index < -0.39 is 5.82 Å². The number of ether oxygens (including phenoxy) is 1. The van der Waals surface area contributed by atoms with Crippen molar-refractivity contribution in [1.82, 2.24) is 15.3 Å². The molecule has 11 heteroatoms. The van der Waals surface area contributed by atoms with Crippen LogP contribution in [0, 0.1) is 5.82 Å². The Bertz CT molecular complexity index is 1110. The van der Waals surface area contributed by atoms with Crippen molar-refractivity contribution in [2.45, 2.75) is 10.5 Å². The van der Waals surface area contributed by atoms with Gasteiger partial charge < -0.3 is 0 Å². The summed E-state index contributed by atoms with van der Waals surface area (Å²) in [5.74, 6) is -0.0354.